The minimum Gasteiger partial charge on any atom is -0.482 e. The van der Waals surface area contributed by atoms with Crippen molar-refractivity contribution < 1.29 is 14.3 Å². The van der Waals surface area contributed by atoms with Gasteiger partial charge in [0.15, 0.2) is 6.61 Å². The maximum Gasteiger partial charge on any atom is 0.343 e. The first-order chi connectivity index (χ1) is 12.7. The lowest BCUT2D eigenvalue weighted by Gasteiger charge is -2.39. The molecule has 3 N–H and O–H groups in total. The molecule has 1 aromatic rings. The van der Waals surface area contributed by atoms with Crippen molar-refractivity contribution in [2.75, 3.05) is 44.8 Å². The summed E-state index contributed by atoms with van der Waals surface area (Å²) < 4.78 is 9.98. The van der Waals surface area contributed by atoms with Crippen molar-refractivity contribution >= 4 is 36.5 Å². The molecule has 0 aromatic heterocycles. The number of esters is 1. The van der Waals surface area contributed by atoms with E-state index < -0.39 is 0 Å². The van der Waals surface area contributed by atoms with Gasteiger partial charge in [-0.15, -0.1) is 24.8 Å². The molecule has 2 aliphatic rings. The minimum absolute atomic E-state index is 0. The quantitative estimate of drug-likeness (QED) is 0.671. The van der Waals surface area contributed by atoms with E-state index in [2.05, 4.69) is 27.1 Å². The first-order valence-corrected chi connectivity index (χ1v) is 9.68. The maximum atomic E-state index is 11.1. The number of carbonyl (C=O) groups excluding carboxylic acids is 1. The highest BCUT2D eigenvalue weighted by Gasteiger charge is 2.30. The molecule has 2 aliphatic heterocycles. The van der Waals surface area contributed by atoms with Crippen molar-refractivity contribution in [3.8, 4) is 5.75 Å². The van der Waals surface area contributed by atoms with Crippen LogP contribution >= 0.6 is 24.8 Å². The van der Waals surface area contributed by atoms with Crippen LogP contribution in [0, 0.1) is 11.8 Å². The van der Waals surface area contributed by atoms with E-state index in [4.69, 9.17) is 10.5 Å². The van der Waals surface area contributed by atoms with Gasteiger partial charge >= 0.3 is 5.97 Å². The van der Waals surface area contributed by atoms with Gasteiger partial charge in [-0.2, -0.15) is 0 Å². The van der Waals surface area contributed by atoms with E-state index in [0.717, 1.165) is 39.0 Å². The first kappa shape index (κ1) is 24.8. The molecule has 8 heteroatoms. The fraction of sp³-hybridized carbons (Fsp3) is 0.650. The molecule has 2 fully saturated rings. The van der Waals surface area contributed by atoms with E-state index >= 15 is 0 Å². The second-order valence-electron chi connectivity index (χ2n) is 7.35. The Labute approximate surface area is 180 Å². The number of carbonyl (C=O) groups is 1. The van der Waals surface area contributed by atoms with E-state index in [9.17, 15) is 4.79 Å². The lowest BCUT2D eigenvalue weighted by Crippen LogP contribution is -2.47. The second-order valence-corrected chi connectivity index (χ2v) is 7.35. The monoisotopic (exact) mass is 433 g/mol. The van der Waals surface area contributed by atoms with E-state index in [1.807, 2.05) is 12.1 Å². The Morgan fingerprint density at radius 3 is 2.25 bits per heavy atom. The van der Waals surface area contributed by atoms with Gasteiger partial charge in [0.05, 0.1) is 7.11 Å². The zero-order valence-corrected chi connectivity index (χ0v) is 18.1. The van der Waals surface area contributed by atoms with Crippen molar-refractivity contribution in [1.29, 1.82) is 0 Å². The molecule has 0 aliphatic carbocycles. The Morgan fingerprint density at radius 1 is 1.11 bits per heavy atom. The Balaban J connectivity index is 0.00000196. The molecule has 0 saturated carbocycles. The van der Waals surface area contributed by atoms with Crippen molar-refractivity contribution in [3.05, 3.63) is 24.3 Å². The van der Waals surface area contributed by atoms with Crippen LogP contribution < -0.4 is 20.7 Å². The van der Waals surface area contributed by atoms with Crippen molar-refractivity contribution in [2.45, 2.75) is 31.7 Å². The maximum absolute atomic E-state index is 11.1. The Kier molecular flexibility index (Phi) is 11.0. The zero-order valence-electron chi connectivity index (χ0n) is 16.5. The van der Waals surface area contributed by atoms with E-state index in [1.54, 1.807) is 0 Å². The summed E-state index contributed by atoms with van der Waals surface area (Å²) in [5, 5.41) is 3.42. The smallest absolute Gasteiger partial charge is 0.343 e. The molecule has 2 heterocycles. The number of methoxy groups -OCH3 is 1. The highest BCUT2D eigenvalue weighted by atomic mass is 35.5. The van der Waals surface area contributed by atoms with E-state index in [0.29, 0.717) is 23.6 Å². The Bertz CT molecular complexity index is 575. The number of rotatable bonds is 6. The van der Waals surface area contributed by atoms with Crippen LogP contribution in [0.25, 0.3) is 0 Å². The van der Waals surface area contributed by atoms with Crippen molar-refractivity contribution in [1.82, 2.24) is 5.32 Å². The molecule has 6 nitrogen and oxygen atoms in total. The summed E-state index contributed by atoms with van der Waals surface area (Å²) in [6, 6.07) is 8.27. The van der Waals surface area contributed by atoms with E-state index in [1.165, 1.54) is 25.6 Å². The molecule has 3 rings (SSSR count). The normalized spacial score (nSPS) is 19.1. The van der Waals surface area contributed by atoms with Gasteiger partial charge in [-0.25, -0.2) is 4.79 Å². The summed E-state index contributed by atoms with van der Waals surface area (Å²) in [7, 11) is 1.36. The lowest BCUT2D eigenvalue weighted by molar-refractivity contribution is -0.142. The van der Waals surface area contributed by atoms with Gasteiger partial charge in [-0.1, -0.05) is 0 Å². The Morgan fingerprint density at radius 2 is 1.68 bits per heavy atom. The third-order valence-electron chi connectivity index (χ3n) is 5.80. The number of piperidine rings is 2. The topological polar surface area (TPSA) is 76.8 Å². The third-order valence-corrected chi connectivity index (χ3v) is 5.80. The third kappa shape index (κ3) is 6.69. The lowest BCUT2D eigenvalue weighted by atomic mass is 9.79. The van der Waals surface area contributed by atoms with Gasteiger partial charge in [0.2, 0.25) is 0 Å². The van der Waals surface area contributed by atoms with Crippen LogP contribution in [0.15, 0.2) is 24.3 Å². The molecule has 1 aromatic carbocycles. The highest BCUT2D eigenvalue weighted by Crippen LogP contribution is 2.30. The molecule has 0 spiro atoms. The SMILES string of the molecule is COC(=O)COc1ccc(N2CCC(C(N)C3CCNCC3)CC2)cc1.Cl.Cl. The van der Waals surface area contributed by atoms with Crippen molar-refractivity contribution in [2.24, 2.45) is 17.6 Å². The molecular weight excluding hydrogens is 401 g/mol. The highest BCUT2D eigenvalue weighted by molar-refractivity contribution is 5.85. The van der Waals surface area contributed by atoms with Gasteiger partial charge in [0, 0.05) is 24.8 Å². The summed E-state index contributed by atoms with van der Waals surface area (Å²) in [4.78, 5) is 13.5. The Hall–Kier alpha value is -1.21. The molecule has 28 heavy (non-hydrogen) atoms. The van der Waals surface area contributed by atoms with Gasteiger partial charge in [-0.3, -0.25) is 0 Å². The predicted molar refractivity (Wildman–Crippen MR) is 117 cm³/mol. The summed E-state index contributed by atoms with van der Waals surface area (Å²) >= 11 is 0. The molecule has 0 amide bonds. The molecule has 2 saturated heterocycles. The minimum atomic E-state index is -0.374. The zero-order chi connectivity index (χ0) is 18.4. The number of nitrogens with two attached hydrogens (primary N) is 1. The van der Waals surface area contributed by atoms with Crippen LogP contribution in [0.3, 0.4) is 0 Å². The molecular formula is C20H33Cl2N3O3. The van der Waals surface area contributed by atoms with Crippen molar-refractivity contribution in [3.63, 3.8) is 0 Å². The summed E-state index contributed by atoms with van der Waals surface area (Å²) in [6.45, 7) is 4.26. The van der Waals surface area contributed by atoms with Gasteiger partial charge < -0.3 is 25.4 Å². The fourth-order valence-corrected chi connectivity index (χ4v) is 4.11. The van der Waals surface area contributed by atoms with Crippen LogP contribution in [0.1, 0.15) is 25.7 Å². The number of anilines is 1. The number of nitrogens with zero attached hydrogens (tertiary/aromatic N) is 1. The molecule has 160 valence electrons. The first-order valence-electron chi connectivity index (χ1n) is 9.68. The number of benzene rings is 1. The number of hydrogen-bond donors (Lipinski definition) is 2. The summed E-state index contributed by atoms with van der Waals surface area (Å²) in [5.74, 6) is 1.62. The average Bonchev–Trinajstić information content (AvgIpc) is 2.72. The predicted octanol–water partition coefficient (Wildman–Crippen LogP) is 2.63. The average molecular weight is 434 g/mol. The number of ether oxygens (including phenoxy) is 2. The van der Waals surface area contributed by atoms with Crippen LogP contribution in [0.4, 0.5) is 5.69 Å². The summed E-state index contributed by atoms with van der Waals surface area (Å²) in [6.07, 6.45) is 4.75. The largest absolute Gasteiger partial charge is 0.482 e. The van der Waals surface area contributed by atoms with E-state index in [-0.39, 0.29) is 37.4 Å². The van der Waals surface area contributed by atoms with Crippen LogP contribution in [0.2, 0.25) is 0 Å². The molecule has 1 unspecified atom stereocenters. The number of hydrogen-bond acceptors (Lipinski definition) is 6. The van der Waals surface area contributed by atoms with Gasteiger partial charge in [0.1, 0.15) is 5.75 Å². The number of halogens is 2. The molecule has 1 atom stereocenters. The van der Waals surface area contributed by atoms with Crippen LogP contribution in [0.5, 0.6) is 5.75 Å². The molecule has 0 radical (unpaired) electrons. The number of nitrogens with one attached hydrogen (secondary N) is 1. The second kappa shape index (κ2) is 12.4. The standard InChI is InChI=1S/C20H31N3O3.2ClH/c1-25-19(24)14-26-18-4-2-17(3-5-18)23-12-8-16(9-13-23)20(21)15-6-10-22-11-7-15;;/h2-5,15-16,20,22H,6-14,21H2,1H3;2*1H. The fourth-order valence-electron chi connectivity index (χ4n) is 4.11. The summed E-state index contributed by atoms with van der Waals surface area (Å²) in [5.41, 5.74) is 7.79. The van der Waals surface area contributed by atoms with Gasteiger partial charge in [0.25, 0.3) is 0 Å². The van der Waals surface area contributed by atoms with Crippen LogP contribution in [-0.2, 0) is 9.53 Å². The van der Waals surface area contributed by atoms with Gasteiger partial charge in [-0.05, 0) is 74.9 Å². The van der Waals surface area contributed by atoms with Crippen LogP contribution in [-0.4, -0.2) is 51.9 Å². The molecule has 0 bridgehead atoms.